The van der Waals surface area contributed by atoms with Crippen molar-refractivity contribution < 1.29 is 6.85 Å². The Kier molecular flexibility index (Phi) is 4.44. The zero-order valence-corrected chi connectivity index (χ0v) is 20.1. The van der Waals surface area contributed by atoms with E-state index in [1.165, 1.54) is 0 Å². The molecule has 1 aromatic heterocycles. The molecule has 170 valence electrons. The molecule has 2 nitrogen and oxygen atoms in total. The normalized spacial score (nSPS) is 14.8. The van der Waals surface area contributed by atoms with Gasteiger partial charge in [0.2, 0.25) is 0 Å². The number of rotatable bonds is 5. The molecule has 5 rings (SSSR count). The minimum Gasteiger partial charge on any atom is -0.292 e. The van der Waals surface area contributed by atoms with Crippen LogP contribution < -0.4 is 0 Å². The lowest BCUT2D eigenvalue weighted by Crippen LogP contribution is -2.08. The molecule has 0 aliphatic carbocycles. The largest absolute Gasteiger partial charge is 0.292 e. The van der Waals surface area contributed by atoms with E-state index in [9.17, 15) is 0 Å². The molecule has 0 saturated heterocycles. The summed E-state index contributed by atoms with van der Waals surface area (Å²) < 4.78 is 44.2. The van der Waals surface area contributed by atoms with Crippen molar-refractivity contribution in [2.75, 3.05) is 0 Å². The van der Waals surface area contributed by atoms with E-state index in [1.54, 1.807) is 12.1 Å². The third-order valence-corrected chi connectivity index (χ3v) is 6.26. The second-order valence-corrected chi connectivity index (χ2v) is 9.09. The first kappa shape index (κ1) is 16.9. The first-order valence-electron chi connectivity index (χ1n) is 14.1. The molecule has 0 atom stereocenters. The van der Waals surface area contributed by atoms with Crippen molar-refractivity contribution in [3.05, 3.63) is 108 Å². The number of aromatic nitrogens is 2. The smallest absolute Gasteiger partial charge is 0.145 e. The fourth-order valence-corrected chi connectivity index (χ4v) is 4.60. The molecule has 0 aliphatic rings. The quantitative estimate of drug-likeness (QED) is 0.262. The highest BCUT2D eigenvalue weighted by atomic mass is 15.1. The molecule has 0 saturated carbocycles. The molecule has 4 aromatic carbocycles. The Hall–Kier alpha value is -3.65. The Morgan fingerprint density at radius 3 is 2.12 bits per heavy atom. The third kappa shape index (κ3) is 3.84. The van der Waals surface area contributed by atoms with E-state index in [1.807, 2.05) is 107 Å². The van der Waals surface area contributed by atoms with Crippen LogP contribution in [0.25, 0.3) is 39.2 Å². The van der Waals surface area contributed by atoms with Gasteiger partial charge in [-0.05, 0) is 64.7 Å². The van der Waals surface area contributed by atoms with Crippen molar-refractivity contribution in [3.8, 4) is 28.2 Å². The first-order chi connectivity index (χ1) is 18.3. The highest BCUT2D eigenvalue weighted by Crippen LogP contribution is 2.38. The van der Waals surface area contributed by atoms with Crippen molar-refractivity contribution in [2.45, 2.75) is 46.3 Å². The molecule has 0 unspecified atom stereocenters. The maximum absolute atomic E-state index is 8.98. The van der Waals surface area contributed by atoms with Crippen LogP contribution in [0.5, 0.6) is 0 Å². The summed E-state index contributed by atoms with van der Waals surface area (Å²) in [4.78, 5) is 5.04. The van der Waals surface area contributed by atoms with E-state index in [-0.39, 0.29) is 0 Å². The fraction of sp³-hybridized carbons (Fsp3) is 0.219. The van der Waals surface area contributed by atoms with Crippen LogP contribution in [0.15, 0.2) is 91.0 Å². The Morgan fingerprint density at radius 2 is 1.38 bits per heavy atom. The molecule has 0 radical (unpaired) electrons. The molecule has 0 aliphatic heterocycles. The number of para-hydroxylation sites is 3. The lowest BCUT2D eigenvalue weighted by atomic mass is 9.92. The molecule has 1 heterocycles. The Balaban J connectivity index is 1.85. The molecule has 34 heavy (non-hydrogen) atoms. The van der Waals surface area contributed by atoms with Crippen LogP contribution in [-0.2, 0) is 0 Å². The Bertz CT molecular complexity index is 1630. The van der Waals surface area contributed by atoms with E-state index in [0.717, 1.165) is 39.0 Å². The van der Waals surface area contributed by atoms with Crippen molar-refractivity contribution in [1.29, 1.82) is 0 Å². The number of nitrogens with zero attached hydrogens (tertiary/aromatic N) is 2. The maximum atomic E-state index is 8.98. The van der Waals surface area contributed by atoms with Gasteiger partial charge in [0, 0.05) is 12.4 Å². The van der Waals surface area contributed by atoms with E-state index in [4.69, 9.17) is 11.8 Å². The lowest BCUT2D eigenvalue weighted by Gasteiger charge is -2.22. The number of benzene rings is 4. The molecule has 0 N–H and O–H groups in total. The SMILES string of the molecule is [2H]C([2H])([2H])c1ccccc1-c1cccc(-c2nc3ccccc3n2-c2c(C([2H])(C)C)cccc2C([2H])(C)C)c1. The monoisotopic (exact) mass is 449 g/mol. The van der Waals surface area contributed by atoms with Crippen LogP contribution in [0.2, 0.25) is 0 Å². The summed E-state index contributed by atoms with van der Waals surface area (Å²) in [5.41, 5.74) is 6.62. The van der Waals surface area contributed by atoms with Gasteiger partial charge in [-0.25, -0.2) is 4.98 Å². The number of hydrogen-bond donors (Lipinski definition) is 0. The van der Waals surface area contributed by atoms with Gasteiger partial charge in [0.15, 0.2) is 0 Å². The minimum absolute atomic E-state index is 0.301. The predicted octanol–water partition coefficient (Wildman–Crippen LogP) is 8.91. The summed E-state index contributed by atoms with van der Waals surface area (Å²) in [6, 6.07) is 28.6. The summed E-state index contributed by atoms with van der Waals surface area (Å²) in [6.45, 7) is 5.19. The molecule has 0 spiro atoms. The first-order valence-corrected chi connectivity index (χ1v) is 11.6. The summed E-state index contributed by atoms with van der Waals surface area (Å²) in [5.74, 6) is -1.19. The van der Waals surface area contributed by atoms with Crippen molar-refractivity contribution in [1.82, 2.24) is 9.55 Å². The maximum Gasteiger partial charge on any atom is 0.145 e. The second-order valence-electron chi connectivity index (χ2n) is 9.09. The van der Waals surface area contributed by atoms with Gasteiger partial charge in [0.25, 0.3) is 0 Å². The number of aryl methyl sites for hydroxylation is 1. The fourth-order valence-electron chi connectivity index (χ4n) is 4.60. The molecular formula is C32H32N2. The van der Waals surface area contributed by atoms with Gasteiger partial charge in [0.05, 0.1) is 16.7 Å². The Morgan fingerprint density at radius 1 is 0.735 bits per heavy atom. The Labute approximate surface area is 210 Å². The minimum atomic E-state index is -2.24. The van der Waals surface area contributed by atoms with Gasteiger partial charge in [-0.15, -0.1) is 0 Å². The van der Waals surface area contributed by atoms with E-state index in [2.05, 4.69) is 4.57 Å². The predicted molar refractivity (Wildman–Crippen MR) is 145 cm³/mol. The van der Waals surface area contributed by atoms with Gasteiger partial charge in [-0.3, -0.25) is 4.57 Å². The van der Waals surface area contributed by atoms with Gasteiger partial charge < -0.3 is 0 Å². The van der Waals surface area contributed by atoms with Crippen LogP contribution in [0, 0.1) is 6.85 Å². The second kappa shape index (κ2) is 8.95. The summed E-state index contributed by atoms with van der Waals surface area (Å²) in [6.07, 6.45) is 0. The van der Waals surface area contributed by atoms with Gasteiger partial charge in [-0.2, -0.15) is 0 Å². The van der Waals surface area contributed by atoms with Gasteiger partial charge in [-0.1, -0.05) is 100 Å². The number of imidazole rings is 1. The molecule has 5 aromatic rings. The van der Waals surface area contributed by atoms with Crippen molar-refractivity contribution in [3.63, 3.8) is 0 Å². The van der Waals surface area contributed by atoms with E-state index < -0.39 is 18.6 Å². The standard InChI is InChI=1S/C32H32N2/c1-21(2)26-16-11-17-27(22(3)4)31(26)34-30-19-9-8-18-29(30)33-32(34)25-14-10-13-24(20-25)28-15-7-6-12-23(28)5/h6-22H,1-5H3/i5D3,21D,22D. The summed E-state index contributed by atoms with van der Waals surface area (Å²) in [7, 11) is 0. The molecule has 2 heteroatoms. The molecule has 0 bridgehead atoms. The topological polar surface area (TPSA) is 17.8 Å². The van der Waals surface area contributed by atoms with Crippen molar-refractivity contribution in [2.24, 2.45) is 0 Å². The average Bonchev–Trinajstić information content (AvgIpc) is 3.26. The van der Waals surface area contributed by atoms with Crippen LogP contribution in [0.3, 0.4) is 0 Å². The molecule has 0 fully saturated rings. The van der Waals surface area contributed by atoms with E-state index in [0.29, 0.717) is 17.0 Å². The number of fused-ring (bicyclic) bond motifs is 1. The van der Waals surface area contributed by atoms with Crippen LogP contribution in [0.4, 0.5) is 0 Å². The van der Waals surface area contributed by atoms with Gasteiger partial charge in [0.1, 0.15) is 5.82 Å². The zero-order chi connectivity index (χ0) is 28.2. The molecule has 0 amide bonds. The van der Waals surface area contributed by atoms with Crippen LogP contribution in [-0.4, -0.2) is 9.55 Å². The molecular weight excluding hydrogens is 412 g/mol. The highest BCUT2D eigenvalue weighted by Gasteiger charge is 2.22. The van der Waals surface area contributed by atoms with Crippen molar-refractivity contribution >= 4 is 11.0 Å². The van der Waals surface area contributed by atoms with Gasteiger partial charge >= 0.3 is 0 Å². The third-order valence-electron chi connectivity index (χ3n) is 6.26. The number of hydrogen-bond acceptors (Lipinski definition) is 1. The highest BCUT2D eigenvalue weighted by molar-refractivity contribution is 5.85. The average molecular weight is 450 g/mol. The van der Waals surface area contributed by atoms with Crippen LogP contribution >= 0.6 is 0 Å². The van der Waals surface area contributed by atoms with E-state index >= 15 is 0 Å². The lowest BCUT2D eigenvalue weighted by molar-refractivity contribution is 0.811. The summed E-state index contributed by atoms with van der Waals surface area (Å²) in [5, 5.41) is 0. The van der Waals surface area contributed by atoms with Crippen LogP contribution in [0.1, 0.15) is 63.0 Å². The zero-order valence-electron chi connectivity index (χ0n) is 25.1. The summed E-state index contributed by atoms with van der Waals surface area (Å²) >= 11 is 0.